The Labute approximate surface area is 69.2 Å². The highest BCUT2D eigenvalue weighted by atomic mass is 16.4. The second-order valence-electron chi connectivity index (χ2n) is 2.28. The molecule has 1 heterocycles. The van der Waals surface area contributed by atoms with Gasteiger partial charge in [-0.25, -0.2) is 4.68 Å². The Bertz CT molecular complexity index is 246. The maximum absolute atomic E-state index is 10.4. The molecule has 6 nitrogen and oxygen atoms in total. The van der Waals surface area contributed by atoms with Crippen molar-refractivity contribution in [1.82, 2.24) is 14.9 Å². The molecule has 0 amide bonds. The summed E-state index contributed by atoms with van der Waals surface area (Å²) in [6.07, 6.45) is 3.21. The van der Waals surface area contributed by atoms with Gasteiger partial charge in [0.2, 0.25) is 0 Å². The molecule has 0 aliphatic heterocycles. The molecule has 0 spiro atoms. The smallest absolute Gasteiger partial charge is 0.138 e. The van der Waals surface area contributed by atoms with Crippen LogP contribution < -0.4 is 10.5 Å². The minimum atomic E-state index is -1.13. The fourth-order valence-electron chi connectivity index (χ4n) is 0.758. The van der Waals surface area contributed by atoms with Gasteiger partial charge in [-0.15, -0.1) is 10.2 Å². The number of nitrogens with zero attached hydrogens (tertiary/aromatic N) is 3. The molecule has 1 N–H and O–H groups in total. The topological polar surface area (TPSA) is 82.9 Å². The third-order valence-electron chi connectivity index (χ3n) is 1.42. The summed E-state index contributed by atoms with van der Waals surface area (Å²) >= 11 is 0. The molecule has 0 bridgehead atoms. The van der Waals surface area contributed by atoms with E-state index in [4.69, 9.17) is 0 Å². The summed E-state index contributed by atoms with van der Waals surface area (Å²) in [4.78, 5) is 10.4. The van der Waals surface area contributed by atoms with Crippen LogP contribution in [-0.2, 0) is 4.79 Å². The molecule has 12 heavy (non-hydrogen) atoms. The molecule has 1 unspecified atom stereocenters. The molecule has 1 atom stereocenters. The molecule has 0 aliphatic carbocycles. The number of hydrogen-bond donors (Lipinski definition) is 1. The Kier molecular flexibility index (Phi) is 2.62. The molecule has 0 aliphatic rings. The third kappa shape index (κ3) is 1.94. The molecule has 0 fully saturated rings. The Morgan fingerprint density at radius 1 is 1.67 bits per heavy atom. The number of hydrogen-bond acceptors (Lipinski definition) is 5. The molecule has 6 heteroatoms. The van der Waals surface area contributed by atoms with Crippen molar-refractivity contribution in [3.05, 3.63) is 12.7 Å². The van der Waals surface area contributed by atoms with Crippen LogP contribution in [0.1, 0.15) is 13.3 Å². The van der Waals surface area contributed by atoms with E-state index >= 15 is 0 Å². The van der Waals surface area contributed by atoms with Crippen LogP contribution in [0.25, 0.3) is 0 Å². The number of aromatic nitrogens is 3. The molecule has 1 rings (SSSR count). The number of rotatable bonds is 4. The molecule has 0 radical (unpaired) electrons. The first kappa shape index (κ1) is 8.51. The minimum Gasteiger partial charge on any atom is -0.548 e. The first-order valence-corrected chi connectivity index (χ1v) is 3.56. The maximum Gasteiger partial charge on any atom is 0.138 e. The van der Waals surface area contributed by atoms with Crippen LogP contribution in [0.4, 0.5) is 0 Å². The van der Waals surface area contributed by atoms with E-state index < -0.39 is 12.0 Å². The highest BCUT2D eigenvalue weighted by molar-refractivity contribution is 5.72. The summed E-state index contributed by atoms with van der Waals surface area (Å²) in [6.45, 7) is 1.75. The van der Waals surface area contributed by atoms with Crippen LogP contribution >= 0.6 is 0 Å². The van der Waals surface area contributed by atoms with E-state index in [-0.39, 0.29) is 0 Å². The van der Waals surface area contributed by atoms with Gasteiger partial charge in [0.1, 0.15) is 12.7 Å². The predicted octanol–water partition coefficient (Wildman–Crippen LogP) is -1.65. The molecule has 0 saturated heterocycles. The third-order valence-corrected chi connectivity index (χ3v) is 1.42. The summed E-state index contributed by atoms with van der Waals surface area (Å²) < 4.78 is 1.38. The lowest BCUT2D eigenvalue weighted by molar-refractivity contribution is -0.307. The largest absolute Gasteiger partial charge is 0.548 e. The van der Waals surface area contributed by atoms with Crippen molar-refractivity contribution in [3.8, 4) is 0 Å². The number of carboxylic acids is 1. The fraction of sp³-hybridized carbons (Fsp3) is 0.500. The number of carbonyl (C=O) groups is 1. The number of nitrogens with one attached hydrogen (secondary N) is 1. The summed E-state index contributed by atoms with van der Waals surface area (Å²) in [5.74, 6) is -1.13. The van der Waals surface area contributed by atoms with Gasteiger partial charge in [0.05, 0.1) is 12.0 Å². The van der Waals surface area contributed by atoms with E-state index in [9.17, 15) is 9.90 Å². The summed E-state index contributed by atoms with van der Waals surface area (Å²) in [5, 5.41) is 17.4. The lowest BCUT2D eigenvalue weighted by Gasteiger charge is -2.18. The Morgan fingerprint density at radius 2 is 2.25 bits per heavy atom. The van der Waals surface area contributed by atoms with Crippen LogP contribution in [0.5, 0.6) is 0 Å². The Balaban J connectivity index is 2.54. The van der Waals surface area contributed by atoms with Crippen molar-refractivity contribution in [2.45, 2.75) is 19.4 Å². The molecule has 1 aromatic heterocycles. The van der Waals surface area contributed by atoms with Crippen molar-refractivity contribution in [1.29, 1.82) is 0 Å². The first-order chi connectivity index (χ1) is 5.74. The van der Waals surface area contributed by atoms with E-state index in [1.54, 1.807) is 6.92 Å². The zero-order chi connectivity index (χ0) is 8.97. The van der Waals surface area contributed by atoms with Crippen molar-refractivity contribution < 1.29 is 9.90 Å². The molecule has 1 aromatic rings. The van der Waals surface area contributed by atoms with Gasteiger partial charge in [0.15, 0.2) is 0 Å². The van der Waals surface area contributed by atoms with Crippen molar-refractivity contribution in [3.63, 3.8) is 0 Å². The molecule has 66 valence electrons. The summed E-state index contributed by atoms with van der Waals surface area (Å²) in [7, 11) is 0. The average molecular weight is 169 g/mol. The quantitative estimate of drug-likeness (QED) is 0.584. The lowest BCUT2D eigenvalue weighted by atomic mass is 10.2. The lowest BCUT2D eigenvalue weighted by Crippen LogP contribution is -2.43. The summed E-state index contributed by atoms with van der Waals surface area (Å²) in [6, 6.07) is -0.707. The Morgan fingerprint density at radius 3 is 2.67 bits per heavy atom. The standard InChI is InChI=1S/C6H10N4O2/c1-2-5(6(11)12)9-10-3-7-8-4-10/h3-5,9H,2H2,1H3,(H,11,12)/p-1. The van der Waals surface area contributed by atoms with Crippen LogP contribution in [-0.4, -0.2) is 26.9 Å². The zero-order valence-electron chi connectivity index (χ0n) is 6.60. The first-order valence-electron chi connectivity index (χ1n) is 3.56. The van der Waals surface area contributed by atoms with Gasteiger partial charge in [0.25, 0.3) is 0 Å². The van der Waals surface area contributed by atoms with E-state index in [0.29, 0.717) is 6.42 Å². The maximum atomic E-state index is 10.4. The number of carbonyl (C=O) groups excluding carboxylic acids is 1. The van der Waals surface area contributed by atoms with Gasteiger partial charge < -0.3 is 15.3 Å². The van der Waals surface area contributed by atoms with Crippen LogP contribution in [0.2, 0.25) is 0 Å². The molecular weight excluding hydrogens is 160 g/mol. The van der Waals surface area contributed by atoms with Gasteiger partial charge in [-0.1, -0.05) is 6.92 Å². The minimum absolute atomic E-state index is 0.445. The van der Waals surface area contributed by atoms with E-state index in [1.165, 1.54) is 17.3 Å². The van der Waals surface area contributed by atoms with Gasteiger partial charge in [-0.3, -0.25) is 0 Å². The van der Waals surface area contributed by atoms with Crippen LogP contribution in [0.15, 0.2) is 12.7 Å². The highest BCUT2D eigenvalue weighted by Gasteiger charge is 2.05. The van der Waals surface area contributed by atoms with Crippen molar-refractivity contribution in [2.75, 3.05) is 5.43 Å². The van der Waals surface area contributed by atoms with Gasteiger partial charge in [-0.2, -0.15) is 0 Å². The second-order valence-corrected chi connectivity index (χ2v) is 2.28. The molecule has 0 aromatic carbocycles. The number of carboxylic acid groups (broad SMARTS) is 1. The predicted molar refractivity (Wildman–Crippen MR) is 38.5 cm³/mol. The highest BCUT2D eigenvalue weighted by Crippen LogP contribution is 1.90. The fourth-order valence-corrected chi connectivity index (χ4v) is 0.758. The van der Waals surface area contributed by atoms with Crippen molar-refractivity contribution >= 4 is 5.97 Å². The monoisotopic (exact) mass is 169 g/mol. The SMILES string of the molecule is CCC(Nn1cnnc1)C(=O)[O-]. The Hall–Kier alpha value is -1.59. The van der Waals surface area contributed by atoms with Crippen LogP contribution in [0, 0.1) is 0 Å². The average Bonchev–Trinajstić information content (AvgIpc) is 2.51. The van der Waals surface area contributed by atoms with E-state index in [0.717, 1.165) is 0 Å². The molecule has 0 saturated carbocycles. The van der Waals surface area contributed by atoms with Crippen molar-refractivity contribution in [2.24, 2.45) is 0 Å². The number of aliphatic carboxylic acids is 1. The van der Waals surface area contributed by atoms with E-state index in [1.807, 2.05) is 0 Å². The van der Waals surface area contributed by atoms with E-state index in [2.05, 4.69) is 15.6 Å². The van der Waals surface area contributed by atoms with Gasteiger partial charge >= 0.3 is 0 Å². The summed E-state index contributed by atoms with van der Waals surface area (Å²) in [5.41, 5.74) is 2.64. The van der Waals surface area contributed by atoms with Gasteiger partial charge in [-0.05, 0) is 6.42 Å². The normalized spacial score (nSPS) is 12.4. The van der Waals surface area contributed by atoms with Crippen LogP contribution in [0.3, 0.4) is 0 Å². The van der Waals surface area contributed by atoms with Gasteiger partial charge in [0, 0.05) is 0 Å². The second kappa shape index (κ2) is 3.70. The zero-order valence-corrected chi connectivity index (χ0v) is 6.60. The molecular formula is C6H9N4O2-.